The van der Waals surface area contributed by atoms with Gasteiger partial charge in [-0.15, -0.1) is 0 Å². The van der Waals surface area contributed by atoms with E-state index in [1.165, 1.54) is 16.4 Å². The fraction of sp³-hybridized carbons (Fsp3) is 0.500. The highest BCUT2D eigenvalue weighted by Crippen LogP contribution is 2.22. The second-order valence-corrected chi connectivity index (χ2v) is 6.94. The fourth-order valence-electron chi connectivity index (χ4n) is 2.25. The number of amides is 1. The van der Waals surface area contributed by atoms with Gasteiger partial charge in [-0.3, -0.25) is 4.79 Å². The molecular formula is C14H20N2O4S. The van der Waals surface area contributed by atoms with E-state index in [0.29, 0.717) is 18.5 Å². The lowest BCUT2D eigenvalue weighted by Gasteiger charge is -2.20. The molecule has 1 aromatic rings. The number of nitrogens with zero attached hydrogens (tertiary/aromatic N) is 1. The second-order valence-electron chi connectivity index (χ2n) is 5.00. The maximum Gasteiger partial charge on any atom is 0.243 e. The minimum absolute atomic E-state index is 0.136. The summed E-state index contributed by atoms with van der Waals surface area (Å²) in [6, 6.07) is 6.36. The Kier molecular flexibility index (Phi) is 4.97. The van der Waals surface area contributed by atoms with Crippen LogP contribution in [0.25, 0.3) is 0 Å². The molecule has 0 spiro atoms. The summed E-state index contributed by atoms with van der Waals surface area (Å²) in [4.78, 5) is 11.5. The van der Waals surface area contributed by atoms with Crippen LogP contribution in [-0.4, -0.2) is 43.4 Å². The molecule has 0 aliphatic carbocycles. The molecule has 1 fully saturated rings. The van der Waals surface area contributed by atoms with Gasteiger partial charge >= 0.3 is 0 Å². The third kappa shape index (κ3) is 3.61. The molecule has 0 bridgehead atoms. The number of hydrogen-bond acceptors (Lipinski definition) is 4. The first-order chi connectivity index (χ1) is 9.95. The van der Waals surface area contributed by atoms with Crippen LogP contribution in [-0.2, 0) is 14.8 Å². The van der Waals surface area contributed by atoms with Gasteiger partial charge in [0.2, 0.25) is 15.9 Å². The zero-order chi connectivity index (χ0) is 15.5. The average Bonchev–Trinajstić information content (AvgIpc) is 2.71. The fourth-order valence-corrected chi connectivity index (χ4v) is 3.75. The zero-order valence-electron chi connectivity index (χ0n) is 11.9. The largest absolute Gasteiger partial charge is 0.388 e. The minimum atomic E-state index is -3.64. The number of hydrogen-bond donors (Lipinski definition) is 2. The molecule has 6 nitrogen and oxygen atoms in total. The second kappa shape index (κ2) is 6.55. The molecule has 0 aromatic heterocycles. The number of benzene rings is 1. The first-order valence-electron chi connectivity index (χ1n) is 7.00. The zero-order valence-corrected chi connectivity index (χ0v) is 12.8. The van der Waals surface area contributed by atoms with Crippen LogP contribution in [0.5, 0.6) is 0 Å². The van der Waals surface area contributed by atoms with Crippen molar-refractivity contribution in [2.45, 2.75) is 30.8 Å². The molecule has 1 saturated heterocycles. The summed E-state index contributed by atoms with van der Waals surface area (Å²) in [7, 11) is -3.64. The van der Waals surface area contributed by atoms with E-state index in [1.807, 2.05) is 6.92 Å². The Bertz CT molecular complexity index is 615. The van der Waals surface area contributed by atoms with Gasteiger partial charge in [0.05, 0.1) is 11.0 Å². The van der Waals surface area contributed by atoms with Gasteiger partial charge in [0.1, 0.15) is 0 Å². The number of carbonyl (C=O) groups is 1. The van der Waals surface area contributed by atoms with Gasteiger partial charge in [-0.05, 0) is 24.1 Å². The summed E-state index contributed by atoms with van der Waals surface area (Å²) in [5, 5.41) is 12.5. The number of sulfonamides is 1. The van der Waals surface area contributed by atoms with Crippen molar-refractivity contribution >= 4 is 15.9 Å². The number of carbonyl (C=O) groups excluding carboxylic acids is 1. The van der Waals surface area contributed by atoms with Gasteiger partial charge in [0.25, 0.3) is 0 Å². The highest BCUT2D eigenvalue weighted by Gasteiger charge is 2.27. The number of aliphatic hydroxyl groups excluding tert-OH is 1. The summed E-state index contributed by atoms with van der Waals surface area (Å²) in [5.74, 6) is -0.136. The lowest BCUT2D eigenvalue weighted by molar-refractivity contribution is -0.120. The van der Waals surface area contributed by atoms with Crippen molar-refractivity contribution in [3.05, 3.63) is 29.8 Å². The first-order valence-corrected chi connectivity index (χ1v) is 8.44. The van der Waals surface area contributed by atoms with Crippen molar-refractivity contribution in [3.63, 3.8) is 0 Å². The van der Waals surface area contributed by atoms with E-state index in [4.69, 9.17) is 0 Å². The van der Waals surface area contributed by atoms with Crippen LogP contribution in [0, 0.1) is 0 Å². The first kappa shape index (κ1) is 15.9. The van der Waals surface area contributed by atoms with E-state index in [1.54, 1.807) is 12.1 Å². The maximum absolute atomic E-state index is 12.6. The Morgan fingerprint density at radius 1 is 1.38 bits per heavy atom. The van der Waals surface area contributed by atoms with Crippen LogP contribution >= 0.6 is 0 Å². The molecule has 1 aliphatic heterocycles. The molecule has 7 heteroatoms. The molecule has 21 heavy (non-hydrogen) atoms. The van der Waals surface area contributed by atoms with Crippen LogP contribution in [0.2, 0.25) is 0 Å². The van der Waals surface area contributed by atoms with Crippen LogP contribution in [0.15, 0.2) is 29.2 Å². The molecule has 116 valence electrons. The summed E-state index contributed by atoms with van der Waals surface area (Å²) in [5.41, 5.74) is 0.586. The van der Waals surface area contributed by atoms with Crippen LogP contribution in [0.4, 0.5) is 0 Å². The van der Waals surface area contributed by atoms with E-state index in [9.17, 15) is 18.3 Å². The van der Waals surface area contributed by atoms with Crippen LogP contribution < -0.4 is 5.32 Å². The SMILES string of the molecule is CCC(O)c1cccc(S(=O)(=O)N2CCNC(=O)CC2)c1. The van der Waals surface area contributed by atoms with E-state index in [0.717, 1.165) is 0 Å². The van der Waals surface area contributed by atoms with Crippen molar-refractivity contribution in [2.75, 3.05) is 19.6 Å². The van der Waals surface area contributed by atoms with E-state index in [2.05, 4.69) is 5.32 Å². The summed E-state index contributed by atoms with van der Waals surface area (Å²) in [6.45, 7) is 2.58. The molecule has 1 heterocycles. The Hall–Kier alpha value is -1.44. The Morgan fingerprint density at radius 3 is 2.86 bits per heavy atom. The predicted octanol–water partition coefficient (Wildman–Crippen LogP) is 0.641. The lowest BCUT2D eigenvalue weighted by Crippen LogP contribution is -2.34. The van der Waals surface area contributed by atoms with E-state index in [-0.39, 0.29) is 30.3 Å². The molecule has 1 atom stereocenters. The normalized spacial score (nSPS) is 18.9. The molecule has 1 unspecified atom stereocenters. The highest BCUT2D eigenvalue weighted by atomic mass is 32.2. The van der Waals surface area contributed by atoms with Gasteiger partial charge in [-0.1, -0.05) is 19.1 Å². The van der Waals surface area contributed by atoms with Gasteiger partial charge in [-0.25, -0.2) is 8.42 Å². The van der Waals surface area contributed by atoms with E-state index < -0.39 is 16.1 Å². The topological polar surface area (TPSA) is 86.7 Å². The van der Waals surface area contributed by atoms with Crippen molar-refractivity contribution in [1.82, 2.24) is 9.62 Å². The maximum atomic E-state index is 12.6. The standard InChI is InChI=1S/C14H20N2O4S/c1-2-13(17)11-4-3-5-12(10-11)21(19,20)16-8-6-14(18)15-7-9-16/h3-5,10,13,17H,2,6-9H2,1H3,(H,15,18). The Balaban J connectivity index is 2.28. The average molecular weight is 312 g/mol. The third-order valence-corrected chi connectivity index (χ3v) is 5.43. The molecule has 1 aliphatic rings. The molecule has 0 saturated carbocycles. The summed E-state index contributed by atoms with van der Waals surface area (Å²) >= 11 is 0. The lowest BCUT2D eigenvalue weighted by atomic mass is 10.1. The third-order valence-electron chi connectivity index (χ3n) is 3.54. The van der Waals surface area contributed by atoms with Crippen molar-refractivity contribution in [2.24, 2.45) is 0 Å². The van der Waals surface area contributed by atoms with Gasteiger partial charge in [0.15, 0.2) is 0 Å². The smallest absolute Gasteiger partial charge is 0.243 e. The summed E-state index contributed by atoms with van der Waals surface area (Å²) < 4.78 is 26.5. The minimum Gasteiger partial charge on any atom is -0.388 e. The summed E-state index contributed by atoms with van der Waals surface area (Å²) in [6.07, 6.45) is 0.00910. The molecule has 2 rings (SSSR count). The quantitative estimate of drug-likeness (QED) is 0.854. The number of aliphatic hydroxyl groups is 1. The van der Waals surface area contributed by atoms with Gasteiger partial charge in [-0.2, -0.15) is 4.31 Å². The predicted molar refractivity (Wildman–Crippen MR) is 78.1 cm³/mol. The number of nitrogens with one attached hydrogen (secondary N) is 1. The number of rotatable bonds is 4. The van der Waals surface area contributed by atoms with Crippen LogP contribution in [0.1, 0.15) is 31.4 Å². The van der Waals surface area contributed by atoms with E-state index >= 15 is 0 Å². The van der Waals surface area contributed by atoms with Gasteiger partial charge < -0.3 is 10.4 Å². The Morgan fingerprint density at radius 2 is 2.14 bits per heavy atom. The van der Waals surface area contributed by atoms with Crippen LogP contribution in [0.3, 0.4) is 0 Å². The molecule has 2 N–H and O–H groups in total. The molecule has 0 radical (unpaired) electrons. The monoisotopic (exact) mass is 312 g/mol. The Labute approximate surface area is 124 Å². The van der Waals surface area contributed by atoms with Gasteiger partial charge in [0, 0.05) is 26.1 Å². The van der Waals surface area contributed by atoms with Crippen molar-refractivity contribution in [3.8, 4) is 0 Å². The molecular weight excluding hydrogens is 292 g/mol. The molecule has 1 aromatic carbocycles. The highest BCUT2D eigenvalue weighted by molar-refractivity contribution is 7.89. The molecule has 1 amide bonds. The van der Waals surface area contributed by atoms with Crippen molar-refractivity contribution in [1.29, 1.82) is 0 Å². The van der Waals surface area contributed by atoms with Crippen molar-refractivity contribution < 1.29 is 18.3 Å².